The molecule has 0 spiro atoms. The lowest BCUT2D eigenvalue weighted by molar-refractivity contribution is -0.141. The summed E-state index contributed by atoms with van der Waals surface area (Å²) in [5.41, 5.74) is 4.72. The summed E-state index contributed by atoms with van der Waals surface area (Å²) < 4.78 is 10.2. The number of aryl methyl sites for hydroxylation is 3. The zero-order valence-corrected chi connectivity index (χ0v) is 19.4. The molecule has 3 rings (SSSR count). The first-order valence-corrected chi connectivity index (χ1v) is 11.0. The van der Waals surface area contributed by atoms with Crippen molar-refractivity contribution >= 4 is 28.7 Å². The molecule has 0 aliphatic carbocycles. The van der Waals surface area contributed by atoms with E-state index >= 15 is 0 Å². The van der Waals surface area contributed by atoms with Gasteiger partial charge in [-0.2, -0.15) is 0 Å². The van der Waals surface area contributed by atoms with Crippen LogP contribution >= 0.6 is 11.3 Å². The topological polar surface area (TPSA) is 86.2 Å². The van der Waals surface area contributed by atoms with Gasteiger partial charge < -0.3 is 14.8 Å². The van der Waals surface area contributed by atoms with Crippen molar-refractivity contribution in [1.29, 1.82) is 0 Å². The number of methoxy groups -OCH3 is 2. The fourth-order valence-corrected chi connectivity index (χ4v) is 4.37. The number of rotatable bonds is 9. The molecule has 0 aliphatic heterocycles. The van der Waals surface area contributed by atoms with Gasteiger partial charge in [0.25, 0.3) is 0 Å². The highest BCUT2D eigenvalue weighted by molar-refractivity contribution is 7.15. The number of nitrogens with one attached hydrogen (secondary N) is 1. The van der Waals surface area contributed by atoms with E-state index in [1.807, 2.05) is 26.8 Å². The number of thiazole rings is 1. The summed E-state index contributed by atoms with van der Waals surface area (Å²) in [7, 11) is 3.03. The fourth-order valence-electron chi connectivity index (χ4n) is 3.41. The smallest absolute Gasteiger partial charge is 0.306 e. The summed E-state index contributed by atoms with van der Waals surface area (Å²) in [6.07, 6.45) is 4.60. The summed E-state index contributed by atoms with van der Waals surface area (Å²) in [6.45, 7) is 6.46. The molecule has 0 aliphatic rings. The number of ether oxygens (including phenoxy) is 2. The van der Waals surface area contributed by atoms with Gasteiger partial charge in [0, 0.05) is 30.7 Å². The van der Waals surface area contributed by atoms with Crippen molar-refractivity contribution in [2.45, 2.75) is 39.5 Å². The molecule has 1 atom stereocenters. The average molecular weight is 441 g/mol. The summed E-state index contributed by atoms with van der Waals surface area (Å²) >= 11 is 1.66. The number of carbonyl (C=O) groups is 1. The molecule has 0 saturated carbocycles. The van der Waals surface area contributed by atoms with E-state index in [0.717, 1.165) is 50.3 Å². The number of hydrogen-bond acceptors (Lipinski definition) is 8. The molecule has 1 unspecified atom stereocenters. The zero-order valence-electron chi connectivity index (χ0n) is 18.6. The van der Waals surface area contributed by atoms with Gasteiger partial charge in [0.2, 0.25) is 0 Å². The van der Waals surface area contributed by atoms with Crippen molar-refractivity contribution in [3.63, 3.8) is 0 Å². The normalized spacial score (nSPS) is 11.9. The summed E-state index contributed by atoms with van der Waals surface area (Å²) in [5.74, 6) is 0.417. The monoisotopic (exact) mass is 440 g/mol. The van der Waals surface area contributed by atoms with Crippen LogP contribution in [0, 0.1) is 13.8 Å². The molecule has 3 aromatic rings. The number of anilines is 2. The zero-order chi connectivity index (χ0) is 22.4. The standard InChI is InChI=1S/C23H28N4O3S/c1-6-21-24-11-18(12-25-21)27-20-9-16(17(13-29-4)10-22(28)30-5)7-8-19(20)23-14(2)26-15(3)31-23/h7-9,11-12,17,27H,6,10,13H2,1-5H3. The molecule has 0 saturated heterocycles. The van der Waals surface area contributed by atoms with E-state index in [1.54, 1.807) is 30.8 Å². The Balaban J connectivity index is 2.04. The van der Waals surface area contributed by atoms with Gasteiger partial charge >= 0.3 is 5.97 Å². The van der Waals surface area contributed by atoms with Crippen LogP contribution in [0.15, 0.2) is 30.6 Å². The number of carbonyl (C=O) groups excluding carboxylic acids is 1. The molecule has 0 radical (unpaired) electrons. The Labute approximate surface area is 186 Å². The van der Waals surface area contributed by atoms with E-state index in [2.05, 4.69) is 32.4 Å². The molecule has 1 aromatic carbocycles. The second-order valence-corrected chi connectivity index (χ2v) is 8.45. The molecule has 0 fully saturated rings. The van der Waals surface area contributed by atoms with Crippen LogP contribution in [0.25, 0.3) is 10.4 Å². The maximum Gasteiger partial charge on any atom is 0.306 e. The van der Waals surface area contributed by atoms with Gasteiger partial charge in [-0.05, 0) is 25.5 Å². The quantitative estimate of drug-likeness (QED) is 0.478. The van der Waals surface area contributed by atoms with Crippen LogP contribution in [0.4, 0.5) is 11.4 Å². The molecule has 8 heteroatoms. The van der Waals surface area contributed by atoms with E-state index in [4.69, 9.17) is 9.47 Å². The molecule has 2 heterocycles. The van der Waals surface area contributed by atoms with E-state index in [1.165, 1.54) is 7.11 Å². The minimum Gasteiger partial charge on any atom is -0.469 e. The average Bonchev–Trinajstić information content (AvgIpc) is 3.11. The van der Waals surface area contributed by atoms with Crippen LogP contribution < -0.4 is 5.32 Å². The Morgan fingerprint density at radius 3 is 2.52 bits per heavy atom. The van der Waals surface area contributed by atoms with E-state index in [-0.39, 0.29) is 18.3 Å². The van der Waals surface area contributed by atoms with Crippen molar-refractivity contribution in [3.8, 4) is 10.4 Å². The van der Waals surface area contributed by atoms with Crippen LogP contribution in [-0.4, -0.2) is 41.7 Å². The Hall–Kier alpha value is -2.84. The molecule has 1 N–H and O–H groups in total. The maximum absolute atomic E-state index is 11.9. The first-order chi connectivity index (χ1) is 14.9. The largest absolute Gasteiger partial charge is 0.469 e. The van der Waals surface area contributed by atoms with Gasteiger partial charge in [0.05, 0.1) is 53.8 Å². The number of esters is 1. The fraction of sp³-hybridized carbons (Fsp3) is 0.391. The maximum atomic E-state index is 11.9. The van der Waals surface area contributed by atoms with Gasteiger partial charge in [0.1, 0.15) is 5.82 Å². The highest BCUT2D eigenvalue weighted by Gasteiger charge is 2.20. The Bertz CT molecular complexity index is 1030. The van der Waals surface area contributed by atoms with Crippen molar-refractivity contribution < 1.29 is 14.3 Å². The van der Waals surface area contributed by atoms with Crippen molar-refractivity contribution in [3.05, 3.63) is 52.7 Å². The lowest BCUT2D eigenvalue weighted by Crippen LogP contribution is -2.13. The molecule has 164 valence electrons. The van der Waals surface area contributed by atoms with E-state index in [9.17, 15) is 4.79 Å². The molecule has 31 heavy (non-hydrogen) atoms. The second-order valence-electron chi connectivity index (χ2n) is 7.25. The minimum absolute atomic E-state index is 0.116. The molecule has 0 bridgehead atoms. The molecule has 0 amide bonds. The molecule has 7 nitrogen and oxygen atoms in total. The first kappa shape index (κ1) is 22.8. The van der Waals surface area contributed by atoms with Gasteiger partial charge in [-0.3, -0.25) is 4.79 Å². The van der Waals surface area contributed by atoms with E-state index in [0.29, 0.717) is 6.61 Å². The third-order valence-electron chi connectivity index (χ3n) is 4.97. The first-order valence-electron chi connectivity index (χ1n) is 10.2. The SMILES string of the molecule is CCc1ncc(Nc2cc(C(COC)CC(=O)OC)ccc2-c2sc(C)nc2C)cn1. The Morgan fingerprint density at radius 2 is 1.94 bits per heavy atom. The van der Waals surface area contributed by atoms with Crippen molar-refractivity contribution in [1.82, 2.24) is 15.0 Å². The molecular formula is C23H28N4O3S. The number of hydrogen-bond donors (Lipinski definition) is 1. The number of benzene rings is 1. The van der Waals surface area contributed by atoms with Crippen LogP contribution in [0.5, 0.6) is 0 Å². The van der Waals surface area contributed by atoms with Gasteiger partial charge in [0.15, 0.2) is 0 Å². The third-order valence-corrected chi connectivity index (χ3v) is 6.08. The Kier molecular flexibility index (Phi) is 7.70. The van der Waals surface area contributed by atoms with Crippen molar-refractivity contribution in [2.75, 3.05) is 26.1 Å². The number of aromatic nitrogens is 3. The van der Waals surface area contributed by atoms with Crippen LogP contribution in [-0.2, 0) is 20.7 Å². The van der Waals surface area contributed by atoms with Crippen LogP contribution in [0.1, 0.15) is 41.4 Å². The minimum atomic E-state index is -0.266. The van der Waals surface area contributed by atoms with Gasteiger partial charge in [-0.15, -0.1) is 11.3 Å². The van der Waals surface area contributed by atoms with E-state index < -0.39 is 0 Å². The molecular weight excluding hydrogens is 412 g/mol. The highest BCUT2D eigenvalue weighted by atomic mass is 32.1. The number of nitrogens with zero attached hydrogens (tertiary/aromatic N) is 3. The predicted octanol–water partition coefficient (Wildman–Crippen LogP) is 4.82. The molecule has 2 aromatic heterocycles. The third kappa shape index (κ3) is 5.65. The lowest BCUT2D eigenvalue weighted by Gasteiger charge is -2.19. The van der Waals surface area contributed by atoms with Gasteiger partial charge in [-0.25, -0.2) is 15.0 Å². The second kappa shape index (κ2) is 10.5. The van der Waals surface area contributed by atoms with Gasteiger partial charge in [-0.1, -0.05) is 19.1 Å². The lowest BCUT2D eigenvalue weighted by atomic mass is 9.94. The predicted molar refractivity (Wildman–Crippen MR) is 123 cm³/mol. The highest BCUT2D eigenvalue weighted by Crippen LogP contribution is 2.38. The van der Waals surface area contributed by atoms with Crippen LogP contribution in [0.2, 0.25) is 0 Å². The Morgan fingerprint density at radius 1 is 1.19 bits per heavy atom. The summed E-state index contributed by atoms with van der Waals surface area (Å²) in [5, 5.41) is 4.48. The van der Waals surface area contributed by atoms with Crippen LogP contribution in [0.3, 0.4) is 0 Å². The summed E-state index contributed by atoms with van der Waals surface area (Å²) in [6, 6.07) is 6.17. The summed E-state index contributed by atoms with van der Waals surface area (Å²) in [4.78, 5) is 26.4. The van der Waals surface area contributed by atoms with Crippen molar-refractivity contribution in [2.24, 2.45) is 0 Å².